The number of hydrogen-bond donors (Lipinski definition) is 3. The van der Waals surface area contributed by atoms with Crippen LogP contribution in [-0.2, 0) is 9.59 Å². The maximum absolute atomic E-state index is 12.4. The summed E-state index contributed by atoms with van der Waals surface area (Å²) < 4.78 is 0. The Balaban J connectivity index is 2.06. The van der Waals surface area contributed by atoms with Crippen LogP contribution in [0.1, 0.15) is 61.4 Å². The Morgan fingerprint density at radius 2 is 1.97 bits per heavy atom. The van der Waals surface area contributed by atoms with E-state index in [2.05, 4.69) is 11.9 Å². The minimum Gasteiger partial charge on any atom is -0.330 e. The molecule has 0 radical (unpaired) electrons. The van der Waals surface area contributed by atoms with Crippen LogP contribution in [0.4, 0.5) is 0 Å². The fraction of sp³-hybridized carbons (Fsp3) is 0.435. The highest BCUT2D eigenvalue weighted by molar-refractivity contribution is 6.06. The third-order valence-corrected chi connectivity index (χ3v) is 5.48. The highest BCUT2D eigenvalue weighted by atomic mass is 16.2. The van der Waals surface area contributed by atoms with Crippen LogP contribution in [0.3, 0.4) is 0 Å². The van der Waals surface area contributed by atoms with Crippen molar-refractivity contribution >= 4 is 23.7 Å². The molecular formula is C23H31N3O3. The summed E-state index contributed by atoms with van der Waals surface area (Å²) in [5.74, 6) is -0.613. The van der Waals surface area contributed by atoms with E-state index in [9.17, 15) is 14.4 Å². The monoisotopic (exact) mass is 397 g/mol. The Labute approximate surface area is 172 Å². The molecule has 0 bridgehead atoms. The molecule has 156 valence electrons. The number of nitrogens with two attached hydrogens (primary N) is 2. The summed E-state index contributed by atoms with van der Waals surface area (Å²) >= 11 is 0. The van der Waals surface area contributed by atoms with E-state index in [1.165, 1.54) is 0 Å². The molecule has 29 heavy (non-hydrogen) atoms. The Kier molecular flexibility index (Phi) is 8.49. The van der Waals surface area contributed by atoms with E-state index < -0.39 is 17.9 Å². The van der Waals surface area contributed by atoms with Gasteiger partial charge < -0.3 is 11.5 Å². The molecule has 0 heterocycles. The summed E-state index contributed by atoms with van der Waals surface area (Å²) in [6.07, 6.45) is 5.38. The molecule has 0 spiro atoms. The number of benzene rings is 1. The van der Waals surface area contributed by atoms with Gasteiger partial charge in [0.2, 0.25) is 5.91 Å². The number of carbonyl (C=O) groups excluding carboxylic acids is 3. The Morgan fingerprint density at radius 3 is 2.55 bits per heavy atom. The van der Waals surface area contributed by atoms with Gasteiger partial charge in [0.1, 0.15) is 6.29 Å². The molecule has 2 amide bonds. The summed E-state index contributed by atoms with van der Waals surface area (Å²) in [4.78, 5) is 35.9. The van der Waals surface area contributed by atoms with Gasteiger partial charge in [-0.25, -0.2) is 0 Å². The van der Waals surface area contributed by atoms with E-state index in [1.54, 1.807) is 12.1 Å². The number of nitrogens with one attached hydrogen (secondary N) is 1. The number of carbonyl (C=O) groups is 3. The molecule has 0 fully saturated rings. The van der Waals surface area contributed by atoms with Crippen molar-refractivity contribution in [3.8, 4) is 0 Å². The first-order valence-corrected chi connectivity index (χ1v) is 10.1. The molecule has 6 nitrogen and oxygen atoms in total. The Hall–Kier alpha value is -2.57. The second-order valence-corrected chi connectivity index (χ2v) is 7.69. The average molecular weight is 398 g/mol. The largest absolute Gasteiger partial charge is 0.330 e. The Morgan fingerprint density at radius 1 is 1.28 bits per heavy atom. The van der Waals surface area contributed by atoms with Crippen LogP contribution in [0.15, 0.2) is 42.0 Å². The summed E-state index contributed by atoms with van der Waals surface area (Å²) in [6, 6.07) is 6.24. The highest BCUT2D eigenvalue weighted by Crippen LogP contribution is 2.37. The second-order valence-electron chi connectivity index (χ2n) is 7.69. The molecule has 1 aliphatic rings. The minimum atomic E-state index is -0.730. The van der Waals surface area contributed by atoms with Crippen molar-refractivity contribution in [2.45, 2.75) is 51.5 Å². The summed E-state index contributed by atoms with van der Waals surface area (Å²) in [5, 5.41) is 2.35. The van der Waals surface area contributed by atoms with Gasteiger partial charge in [-0.05, 0) is 80.3 Å². The molecule has 2 rings (SSSR count). The van der Waals surface area contributed by atoms with Crippen LogP contribution in [0.25, 0.3) is 5.57 Å². The standard InChI is InChI=1S/C23H31N3O3/c1-15(2)18-10-11-19(14-27)20(13-18)16-6-8-17(9-7-16)22(28)26-23(29)21(25)5-3-4-12-24/h6-9,14,18,21H,1,3-5,10-13,24-25H2,2H3,(H,26,28,29)/t18?,21-/m0/s1. The third kappa shape index (κ3) is 6.21. The van der Waals surface area contributed by atoms with Crippen molar-refractivity contribution in [2.75, 3.05) is 6.54 Å². The summed E-state index contributed by atoms with van der Waals surface area (Å²) in [6.45, 7) is 6.61. The normalized spacial score (nSPS) is 17.6. The number of imide groups is 1. The maximum Gasteiger partial charge on any atom is 0.257 e. The van der Waals surface area contributed by atoms with Gasteiger partial charge in [-0.2, -0.15) is 0 Å². The molecule has 5 N–H and O–H groups in total. The van der Waals surface area contributed by atoms with E-state index in [0.717, 1.165) is 60.7 Å². The first kappa shape index (κ1) is 22.7. The van der Waals surface area contributed by atoms with Crippen LogP contribution < -0.4 is 16.8 Å². The zero-order valence-electron chi connectivity index (χ0n) is 17.1. The van der Waals surface area contributed by atoms with Crippen molar-refractivity contribution in [2.24, 2.45) is 17.4 Å². The number of aldehydes is 1. The molecular weight excluding hydrogens is 366 g/mol. The average Bonchev–Trinajstić information content (AvgIpc) is 2.73. The van der Waals surface area contributed by atoms with Gasteiger partial charge in [0.15, 0.2) is 0 Å². The number of hydrogen-bond acceptors (Lipinski definition) is 5. The molecule has 0 saturated carbocycles. The van der Waals surface area contributed by atoms with Gasteiger partial charge in [-0.3, -0.25) is 19.7 Å². The Bertz CT molecular complexity index is 796. The van der Waals surface area contributed by atoms with Gasteiger partial charge in [-0.15, -0.1) is 0 Å². The molecule has 1 aromatic carbocycles. The van der Waals surface area contributed by atoms with Gasteiger partial charge in [0.25, 0.3) is 5.91 Å². The molecule has 6 heteroatoms. The van der Waals surface area contributed by atoms with E-state index >= 15 is 0 Å². The molecule has 1 aromatic rings. The number of rotatable bonds is 9. The first-order chi connectivity index (χ1) is 13.9. The number of unbranched alkanes of at least 4 members (excludes halogenated alkanes) is 1. The highest BCUT2D eigenvalue weighted by Gasteiger charge is 2.23. The molecule has 1 unspecified atom stereocenters. The fourth-order valence-corrected chi connectivity index (χ4v) is 3.55. The predicted octanol–water partition coefficient (Wildman–Crippen LogP) is 2.73. The molecule has 0 aliphatic heterocycles. The summed E-state index contributed by atoms with van der Waals surface area (Å²) in [5.41, 5.74) is 15.5. The minimum absolute atomic E-state index is 0.357. The molecule has 0 aromatic heterocycles. The van der Waals surface area contributed by atoms with Gasteiger partial charge in [-0.1, -0.05) is 30.7 Å². The van der Waals surface area contributed by atoms with Gasteiger partial charge in [0.05, 0.1) is 6.04 Å². The zero-order valence-corrected chi connectivity index (χ0v) is 17.1. The van der Waals surface area contributed by atoms with Crippen LogP contribution in [0.5, 0.6) is 0 Å². The number of amides is 2. The summed E-state index contributed by atoms with van der Waals surface area (Å²) in [7, 11) is 0. The topological polar surface area (TPSA) is 115 Å². The van der Waals surface area contributed by atoms with E-state index in [-0.39, 0.29) is 0 Å². The fourth-order valence-electron chi connectivity index (χ4n) is 3.55. The van der Waals surface area contributed by atoms with Crippen molar-refractivity contribution in [1.29, 1.82) is 0 Å². The van der Waals surface area contributed by atoms with Crippen molar-refractivity contribution in [1.82, 2.24) is 5.32 Å². The molecule has 0 saturated heterocycles. The lowest BCUT2D eigenvalue weighted by molar-refractivity contribution is -0.121. The SMILES string of the molecule is C=C(C)C1CCC(C=O)=C(c2ccc(C(=O)NC(=O)[C@@H](N)CCCCN)cc2)C1. The maximum atomic E-state index is 12.4. The van der Waals surface area contributed by atoms with E-state index in [0.29, 0.717) is 24.4 Å². The smallest absolute Gasteiger partial charge is 0.257 e. The van der Waals surface area contributed by atoms with Crippen LogP contribution in [0, 0.1) is 5.92 Å². The van der Waals surface area contributed by atoms with Gasteiger partial charge >= 0.3 is 0 Å². The molecule has 2 atom stereocenters. The third-order valence-electron chi connectivity index (χ3n) is 5.48. The predicted molar refractivity (Wildman–Crippen MR) is 115 cm³/mol. The number of allylic oxidation sites excluding steroid dienone is 3. The lowest BCUT2D eigenvalue weighted by atomic mass is 9.78. The van der Waals surface area contributed by atoms with E-state index in [1.807, 2.05) is 19.1 Å². The van der Waals surface area contributed by atoms with Crippen molar-refractivity contribution in [3.63, 3.8) is 0 Å². The van der Waals surface area contributed by atoms with Crippen LogP contribution in [0.2, 0.25) is 0 Å². The lowest BCUT2D eigenvalue weighted by Gasteiger charge is -2.26. The zero-order chi connectivity index (χ0) is 21.4. The van der Waals surface area contributed by atoms with Crippen LogP contribution in [-0.4, -0.2) is 30.7 Å². The lowest BCUT2D eigenvalue weighted by Crippen LogP contribution is -2.43. The first-order valence-electron chi connectivity index (χ1n) is 10.1. The van der Waals surface area contributed by atoms with E-state index in [4.69, 9.17) is 11.5 Å². The van der Waals surface area contributed by atoms with Crippen LogP contribution >= 0.6 is 0 Å². The molecule has 1 aliphatic carbocycles. The second kappa shape index (κ2) is 10.8. The van der Waals surface area contributed by atoms with Crippen molar-refractivity contribution in [3.05, 3.63) is 53.1 Å². The van der Waals surface area contributed by atoms with Crippen molar-refractivity contribution < 1.29 is 14.4 Å². The quantitative estimate of drug-likeness (QED) is 0.337. The van der Waals surface area contributed by atoms with Gasteiger partial charge in [0, 0.05) is 5.56 Å².